The highest BCUT2D eigenvalue weighted by atomic mass is 35.5. The molecule has 0 saturated carbocycles. The molecule has 1 aromatic carbocycles. The number of anilines is 1. The lowest BCUT2D eigenvalue weighted by Gasteiger charge is -2.33. The maximum atomic E-state index is 13.7. The van der Waals surface area contributed by atoms with Gasteiger partial charge in [-0.2, -0.15) is 18.3 Å². The number of carbonyl (C=O) groups excluding carboxylic acids is 1. The Labute approximate surface area is 166 Å². The van der Waals surface area contributed by atoms with Crippen LogP contribution >= 0.6 is 11.6 Å². The molecule has 2 N–H and O–H groups in total. The fourth-order valence-electron chi connectivity index (χ4n) is 3.15. The summed E-state index contributed by atoms with van der Waals surface area (Å²) in [5.74, 6) is -0.578. The van der Waals surface area contributed by atoms with E-state index in [4.69, 9.17) is 11.6 Å². The van der Waals surface area contributed by atoms with E-state index in [2.05, 4.69) is 15.7 Å². The molecule has 1 aliphatic heterocycles. The number of nitrogens with zero attached hydrogens (tertiary/aromatic N) is 2. The largest absolute Gasteiger partial charge is 0.410 e. The fourth-order valence-corrected chi connectivity index (χ4v) is 3.41. The highest BCUT2D eigenvalue weighted by Gasteiger charge is 2.47. The van der Waals surface area contributed by atoms with E-state index in [9.17, 15) is 18.0 Å². The second kappa shape index (κ2) is 7.66. The van der Waals surface area contributed by atoms with E-state index in [-0.39, 0.29) is 29.0 Å². The first kappa shape index (κ1) is 20.5. The average molecular weight is 415 g/mol. The minimum atomic E-state index is -4.53. The fraction of sp³-hybridized carbons (Fsp3) is 0.474. The van der Waals surface area contributed by atoms with Crippen LogP contribution in [0.5, 0.6) is 0 Å². The molecule has 0 radical (unpaired) electrons. The lowest BCUT2D eigenvalue weighted by molar-refractivity contribution is -0.173. The molecule has 3 rings (SSSR count). The molecule has 0 saturated heterocycles. The van der Waals surface area contributed by atoms with Crippen molar-refractivity contribution in [3.8, 4) is 0 Å². The van der Waals surface area contributed by atoms with Crippen LogP contribution in [0.2, 0.25) is 5.02 Å². The summed E-state index contributed by atoms with van der Waals surface area (Å²) in [5.41, 5.74) is 1.52. The highest BCUT2D eigenvalue weighted by Crippen LogP contribution is 2.46. The van der Waals surface area contributed by atoms with Crippen molar-refractivity contribution in [2.45, 2.75) is 57.9 Å². The normalized spacial score (nSPS) is 20.2. The Morgan fingerprint density at radius 2 is 2.04 bits per heavy atom. The predicted molar refractivity (Wildman–Crippen MR) is 102 cm³/mol. The highest BCUT2D eigenvalue weighted by molar-refractivity contribution is 6.36. The van der Waals surface area contributed by atoms with Crippen LogP contribution in [0.25, 0.3) is 0 Å². The van der Waals surface area contributed by atoms with Crippen LogP contribution in [0.15, 0.2) is 24.3 Å². The van der Waals surface area contributed by atoms with Gasteiger partial charge in [-0.05, 0) is 25.8 Å². The number of aromatic nitrogens is 2. The van der Waals surface area contributed by atoms with Crippen LogP contribution in [-0.2, 0) is 0 Å². The number of hydrogen-bond acceptors (Lipinski definition) is 3. The standard InChI is InChI=1S/C19H22ClF3N4O/c1-4-11(3)24-18(28)16-15(20)17-25-13(12-7-5-10(2)6-8-12)9-14(19(21,22)23)27(17)26-16/h5-8,11,13-14,25H,4,9H2,1-3H3,(H,24,28)/t11-,13-,14+/m0/s1. The van der Waals surface area contributed by atoms with E-state index in [0.717, 1.165) is 10.2 Å². The van der Waals surface area contributed by atoms with Gasteiger partial charge in [0.05, 0.1) is 6.04 Å². The van der Waals surface area contributed by atoms with Crippen LogP contribution in [0.3, 0.4) is 0 Å². The third-order valence-corrected chi connectivity index (χ3v) is 5.34. The average Bonchev–Trinajstić information content (AvgIpc) is 2.97. The van der Waals surface area contributed by atoms with E-state index in [1.807, 2.05) is 26.0 Å². The number of carbonyl (C=O) groups is 1. The zero-order valence-electron chi connectivity index (χ0n) is 15.8. The molecule has 1 amide bonds. The van der Waals surface area contributed by atoms with E-state index in [0.29, 0.717) is 12.0 Å². The maximum Gasteiger partial charge on any atom is 0.410 e. The number of halogens is 4. The minimum Gasteiger partial charge on any atom is -0.362 e. The minimum absolute atomic E-state index is 0.00937. The van der Waals surface area contributed by atoms with E-state index < -0.39 is 24.2 Å². The molecule has 5 nitrogen and oxygen atoms in total. The molecule has 0 aliphatic carbocycles. The smallest absolute Gasteiger partial charge is 0.362 e. The Morgan fingerprint density at radius 3 is 2.61 bits per heavy atom. The van der Waals surface area contributed by atoms with E-state index in [1.54, 1.807) is 19.1 Å². The van der Waals surface area contributed by atoms with Gasteiger partial charge in [0.2, 0.25) is 0 Å². The first-order valence-corrected chi connectivity index (χ1v) is 9.48. The Kier molecular flexibility index (Phi) is 5.61. The molecular weight excluding hydrogens is 393 g/mol. The zero-order chi connectivity index (χ0) is 20.6. The molecule has 0 unspecified atom stereocenters. The number of amides is 1. The summed E-state index contributed by atoms with van der Waals surface area (Å²) in [6.07, 6.45) is -4.10. The third kappa shape index (κ3) is 3.97. The number of nitrogens with one attached hydrogen (secondary N) is 2. The predicted octanol–water partition coefficient (Wildman–Crippen LogP) is 5.03. The number of rotatable bonds is 4. The van der Waals surface area contributed by atoms with E-state index >= 15 is 0 Å². The Morgan fingerprint density at radius 1 is 1.39 bits per heavy atom. The van der Waals surface area contributed by atoms with Gasteiger partial charge in [0.25, 0.3) is 5.91 Å². The second-order valence-corrected chi connectivity index (χ2v) is 7.52. The summed E-state index contributed by atoms with van der Waals surface area (Å²) in [4.78, 5) is 12.4. The van der Waals surface area contributed by atoms with Crippen molar-refractivity contribution < 1.29 is 18.0 Å². The molecule has 1 aliphatic rings. The van der Waals surface area contributed by atoms with Crippen molar-refractivity contribution in [1.29, 1.82) is 0 Å². The number of benzene rings is 1. The molecule has 2 heterocycles. The van der Waals surface area contributed by atoms with Crippen molar-refractivity contribution in [3.05, 3.63) is 46.1 Å². The monoisotopic (exact) mass is 414 g/mol. The molecule has 152 valence electrons. The van der Waals surface area contributed by atoms with Crippen LogP contribution < -0.4 is 10.6 Å². The van der Waals surface area contributed by atoms with Gasteiger partial charge in [-0.15, -0.1) is 0 Å². The summed E-state index contributed by atoms with van der Waals surface area (Å²) in [7, 11) is 0. The Hall–Kier alpha value is -2.22. The van der Waals surface area contributed by atoms with Gasteiger partial charge in [-0.25, -0.2) is 4.68 Å². The van der Waals surface area contributed by atoms with Crippen molar-refractivity contribution in [1.82, 2.24) is 15.1 Å². The van der Waals surface area contributed by atoms with Crippen molar-refractivity contribution in [2.24, 2.45) is 0 Å². The Balaban J connectivity index is 2.00. The van der Waals surface area contributed by atoms with Crippen LogP contribution in [0, 0.1) is 6.92 Å². The van der Waals surface area contributed by atoms with Gasteiger partial charge in [-0.3, -0.25) is 4.79 Å². The summed E-state index contributed by atoms with van der Waals surface area (Å²) < 4.78 is 42.0. The number of fused-ring (bicyclic) bond motifs is 1. The van der Waals surface area contributed by atoms with Crippen molar-refractivity contribution in [2.75, 3.05) is 5.32 Å². The van der Waals surface area contributed by atoms with Gasteiger partial charge >= 0.3 is 6.18 Å². The number of hydrogen-bond donors (Lipinski definition) is 2. The lowest BCUT2D eigenvalue weighted by Crippen LogP contribution is -2.36. The van der Waals surface area contributed by atoms with Gasteiger partial charge in [0.1, 0.15) is 10.8 Å². The molecule has 0 spiro atoms. The van der Waals surface area contributed by atoms with Crippen LogP contribution in [-0.4, -0.2) is 27.9 Å². The molecule has 3 atom stereocenters. The molecule has 2 aromatic rings. The van der Waals surface area contributed by atoms with E-state index in [1.165, 1.54) is 0 Å². The van der Waals surface area contributed by atoms with Crippen molar-refractivity contribution >= 4 is 23.3 Å². The summed E-state index contributed by atoms with van der Waals surface area (Å²) >= 11 is 6.28. The topological polar surface area (TPSA) is 59.0 Å². The SMILES string of the molecule is CC[C@H](C)NC(=O)c1nn2c(c1Cl)N[C@H](c1ccc(C)cc1)C[C@@H]2C(F)(F)F. The maximum absolute atomic E-state index is 13.7. The summed E-state index contributed by atoms with van der Waals surface area (Å²) in [5, 5.41) is 9.54. The first-order valence-electron chi connectivity index (χ1n) is 9.10. The van der Waals surface area contributed by atoms with Gasteiger partial charge < -0.3 is 10.6 Å². The van der Waals surface area contributed by atoms with Gasteiger partial charge in [0, 0.05) is 12.5 Å². The second-order valence-electron chi connectivity index (χ2n) is 7.14. The molecule has 28 heavy (non-hydrogen) atoms. The van der Waals surface area contributed by atoms with Crippen LogP contribution in [0.1, 0.15) is 60.4 Å². The third-order valence-electron chi connectivity index (χ3n) is 4.98. The summed E-state index contributed by atoms with van der Waals surface area (Å²) in [6.45, 7) is 5.59. The summed E-state index contributed by atoms with van der Waals surface area (Å²) in [6, 6.07) is 4.65. The molecular formula is C19H22ClF3N4O. The first-order chi connectivity index (χ1) is 13.1. The van der Waals surface area contributed by atoms with Gasteiger partial charge in [0.15, 0.2) is 11.7 Å². The lowest BCUT2D eigenvalue weighted by atomic mass is 9.96. The van der Waals surface area contributed by atoms with Gasteiger partial charge in [-0.1, -0.05) is 48.4 Å². The number of alkyl halides is 3. The molecule has 1 aromatic heterocycles. The van der Waals surface area contributed by atoms with Crippen LogP contribution in [0.4, 0.5) is 19.0 Å². The molecule has 0 bridgehead atoms. The quantitative estimate of drug-likeness (QED) is 0.737. The molecule has 9 heteroatoms. The number of aryl methyl sites for hydroxylation is 1. The molecule has 0 fully saturated rings. The Bertz CT molecular complexity index is 863. The zero-order valence-corrected chi connectivity index (χ0v) is 16.5. The van der Waals surface area contributed by atoms with Crippen molar-refractivity contribution in [3.63, 3.8) is 0 Å².